The van der Waals surface area contributed by atoms with Crippen LogP contribution in [0.5, 0.6) is 5.75 Å². The zero-order chi connectivity index (χ0) is 11.6. The third-order valence-corrected chi connectivity index (χ3v) is 4.03. The van der Waals surface area contributed by atoms with Crippen molar-refractivity contribution in [1.29, 1.82) is 0 Å². The van der Waals surface area contributed by atoms with E-state index in [1.54, 1.807) is 18.2 Å². The third-order valence-electron chi connectivity index (χ3n) is 2.84. The summed E-state index contributed by atoms with van der Waals surface area (Å²) < 4.78 is 5.54. The fourth-order valence-corrected chi connectivity index (χ4v) is 2.18. The van der Waals surface area contributed by atoms with Crippen LogP contribution in [0.1, 0.15) is 12.8 Å². The molecule has 86 valence electrons. The molecular formula is C11H12BrNO3. The Hall–Kier alpha value is -1.10. The number of ether oxygens (including phenoxy) is 1. The fraction of sp³-hybridized carbons (Fsp3) is 0.455. The third kappa shape index (κ3) is 2.35. The Labute approximate surface area is 102 Å². The van der Waals surface area contributed by atoms with Gasteiger partial charge in [-0.1, -0.05) is 28.1 Å². The monoisotopic (exact) mass is 285 g/mol. The van der Waals surface area contributed by atoms with Crippen molar-refractivity contribution in [3.8, 4) is 5.75 Å². The smallest absolute Gasteiger partial charge is 0.310 e. The second-order valence-corrected chi connectivity index (χ2v) is 4.71. The van der Waals surface area contributed by atoms with Crippen LogP contribution in [0.3, 0.4) is 0 Å². The maximum Gasteiger partial charge on any atom is 0.310 e. The molecule has 0 heterocycles. The van der Waals surface area contributed by atoms with Gasteiger partial charge in [0.1, 0.15) is 0 Å². The number of nitro groups is 1. The van der Waals surface area contributed by atoms with E-state index in [4.69, 9.17) is 4.74 Å². The number of nitro benzene ring substituents is 1. The van der Waals surface area contributed by atoms with Crippen molar-refractivity contribution >= 4 is 21.6 Å². The van der Waals surface area contributed by atoms with Gasteiger partial charge in [-0.25, -0.2) is 0 Å². The Bertz CT molecular complexity index is 404. The Balaban J connectivity index is 2.06. The molecule has 0 amide bonds. The summed E-state index contributed by atoms with van der Waals surface area (Å²) in [6.45, 7) is 0.545. The van der Waals surface area contributed by atoms with E-state index < -0.39 is 4.92 Å². The van der Waals surface area contributed by atoms with Gasteiger partial charge in [-0.2, -0.15) is 0 Å². The molecule has 5 heteroatoms. The van der Waals surface area contributed by atoms with Crippen molar-refractivity contribution in [2.24, 2.45) is 5.41 Å². The summed E-state index contributed by atoms with van der Waals surface area (Å²) >= 11 is 3.44. The number of alkyl halides is 1. The van der Waals surface area contributed by atoms with Gasteiger partial charge in [0, 0.05) is 16.8 Å². The molecule has 1 fully saturated rings. The van der Waals surface area contributed by atoms with Gasteiger partial charge in [-0.15, -0.1) is 0 Å². The van der Waals surface area contributed by atoms with Crippen molar-refractivity contribution in [3.05, 3.63) is 34.4 Å². The van der Waals surface area contributed by atoms with Gasteiger partial charge in [0.05, 0.1) is 11.5 Å². The highest BCUT2D eigenvalue weighted by molar-refractivity contribution is 9.09. The van der Waals surface area contributed by atoms with E-state index in [0.29, 0.717) is 12.4 Å². The summed E-state index contributed by atoms with van der Waals surface area (Å²) in [6, 6.07) is 6.49. The van der Waals surface area contributed by atoms with Gasteiger partial charge in [-0.05, 0) is 18.9 Å². The number of nitrogens with zero attached hydrogens (tertiary/aromatic N) is 1. The van der Waals surface area contributed by atoms with Crippen LogP contribution in [0.2, 0.25) is 0 Å². The lowest BCUT2D eigenvalue weighted by molar-refractivity contribution is -0.385. The highest BCUT2D eigenvalue weighted by Gasteiger charge is 2.42. The molecule has 0 unspecified atom stereocenters. The van der Waals surface area contributed by atoms with Crippen LogP contribution in [0.15, 0.2) is 24.3 Å². The van der Waals surface area contributed by atoms with Gasteiger partial charge in [0.25, 0.3) is 0 Å². The molecule has 0 atom stereocenters. The quantitative estimate of drug-likeness (QED) is 0.474. The van der Waals surface area contributed by atoms with Gasteiger partial charge in [-0.3, -0.25) is 10.1 Å². The zero-order valence-electron chi connectivity index (χ0n) is 8.69. The topological polar surface area (TPSA) is 52.4 Å². The lowest BCUT2D eigenvalue weighted by atomic mass is 10.2. The van der Waals surface area contributed by atoms with Gasteiger partial charge < -0.3 is 4.74 Å². The van der Waals surface area contributed by atoms with Crippen molar-refractivity contribution in [2.75, 3.05) is 11.9 Å². The first-order valence-electron chi connectivity index (χ1n) is 5.09. The molecular weight excluding hydrogens is 274 g/mol. The average Bonchev–Trinajstić information content (AvgIpc) is 3.07. The number of benzene rings is 1. The molecule has 0 radical (unpaired) electrons. The minimum atomic E-state index is -0.414. The number of hydrogen-bond acceptors (Lipinski definition) is 3. The molecule has 0 aromatic heterocycles. The first-order valence-corrected chi connectivity index (χ1v) is 6.21. The number of halogens is 1. The lowest BCUT2D eigenvalue weighted by Crippen LogP contribution is -2.14. The fourth-order valence-electron chi connectivity index (χ4n) is 1.45. The van der Waals surface area contributed by atoms with Crippen LogP contribution < -0.4 is 4.74 Å². The lowest BCUT2D eigenvalue weighted by Gasteiger charge is -2.12. The first kappa shape index (κ1) is 11.4. The summed E-state index contributed by atoms with van der Waals surface area (Å²) in [5.41, 5.74) is 0.233. The molecule has 0 spiro atoms. The Morgan fingerprint density at radius 2 is 2.12 bits per heavy atom. The van der Waals surface area contributed by atoms with E-state index in [9.17, 15) is 10.1 Å². The molecule has 1 saturated carbocycles. The van der Waals surface area contributed by atoms with E-state index in [1.807, 2.05) is 0 Å². The summed E-state index contributed by atoms with van der Waals surface area (Å²) in [6.07, 6.45) is 2.25. The molecule has 1 aromatic carbocycles. The van der Waals surface area contributed by atoms with Crippen LogP contribution >= 0.6 is 15.9 Å². The van der Waals surface area contributed by atoms with E-state index in [1.165, 1.54) is 6.07 Å². The molecule has 0 saturated heterocycles. The maximum absolute atomic E-state index is 10.7. The normalized spacial score (nSPS) is 16.8. The predicted octanol–water partition coefficient (Wildman–Crippen LogP) is 3.15. The van der Waals surface area contributed by atoms with Crippen LogP contribution in [0.25, 0.3) is 0 Å². The SMILES string of the molecule is O=[N+]([O-])c1ccccc1OCC1(CBr)CC1. The zero-order valence-corrected chi connectivity index (χ0v) is 10.3. The van der Waals surface area contributed by atoms with E-state index >= 15 is 0 Å². The Kier molecular flexibility index (Phi) is 3.14. The van der Waals surface area contributed by atoms with Crippen molar-refractivity contribution in [3.63, 3.8) is 0 Å². The molecule has 1 aliphatic carbocycles. The predicted molar refractivity (Wildman–Crippen MR) is 64.1 cm³/mol. The number of para-hydroxylation sites is 2. The van der Waals surface area contributed by atoms with Crippen LogP contribution in [-0.2, 0) is 0 Å². The Morgan fingerprint density at radius 1 is 1.44 bits per heavy atom. The van der Waals surface area contributed by atoms with E-state index in [2.05, 4.69) is 15.9 Å². The minimum absolute atomic E-state index is 0.0351. The highest BCUT2D eigenvalue weighted by atomic mass is 79.9. The first-order chi connectivity index (χ1) is 7.67. The molecule has 0 N–H and O–H groups in total. The highest BCUT2D eigenvalue weighted by Crippen LogP contribution is 2.47. The minimum Gasteiger partial charge on any atom is -0.486 e. The van der Waals surface area contributed by atoms with Crippen LogP contribution in [0.4, 0.5) is 5.69 Å². The standard InChI is InChI=1S/C11H12BrNO3/c12-7-11(5-6-11)8-16-10-4-2-1-3-9(10)13(14)15/h1-4H,5-8H2. The Morgan fingerprint density at radius 3 is 2.69 bits per heavy atom. The van der Waals surface area contributed by atoms with Crippen LogP contribution in [-0.4, -0.2) is 16.9 Å². The van der Waals surface area contributed by atoms with Gasteiger partial charge in [0.15, 0.2) is 5.75 Å². The number of rotatable bonds is 5. The maximum atomic E-state index is 10.7. The van der Waals surface area contributed by atoms with Crippen molar-refractivity contribution in [1.82, 2.24) is 0 Å². The van der Waals surface area contributed by atoms with E-state index in [-0.39, 0.29) is 11.1 Å². The molecule has 0 aliphatic heterocycles. The molecule has 2 rings (SSSR count). The summed E-state index contributed by atoms with van der Waals surface area (Å²) in [4.78, 5) is 10.3. The molecule has 0 bridgehead atoms. The summed E-state index contributed by atoms with van der Waals surface area (Å²) in [5, 5.41) is 11.6. The van der Waals surface area contributed by atoms with E-state index in [0.717, 1.165) is 18.2 Å². The summed E-state index contributed by atoms with van der Waals surface area (Å²) in [7, 11) is 0. The van der Waals surface area contributed by atoms with Crippen LogP contribution in [0, 0.1) is 15.5 Å². The summed E-state index contributed by atoms with van der Waals surface area (Å²) in [5.74, 6) is 0.361. The molecule has 1 aromatic rings. The largest absolute Gasteiger partial charge is 0.486 e. The second kappa shape index (κ2) is 4.41. The van der Waals surface area contributed by atoms with Crippen molar-refractivity contribution in [2.45, 2.75) is 12.8 Å². The molecule has 4 nitrogen and oxygen atoms in total. The molecule has 16 heavy (non-hydrogen) atoms. The number of hydrogen-bond donors (Lipinski definition) is 0. The van der Waals surface area contributed by atoms with Crippen molar-refractivity contribution < 1.29 is 9.66 Å². The average molecular weight is 286 g/mol. The molecule has 1 aliphatic rings. The van der Waals surface area contributed by atoms with Gasteiger partial charge in [0.2, 0.25) is 0 Å². The van der Waals surface area contributed by atoms with Gasteiger partial charge >= 0.3 is 5.69 Å². The second-order valence-electron chi connectivity index (χ2n) is 4.15.